The molecule has 0 aliphatic rings. The van der Waals surface area contributed by atoms with Crippen LogP contribution in [0.4, 0.5) is 0 Å². The largest absolute Gasteiger partial charge is 0.497 e. The lowest BCUT2D eigenvalue weighted by atomic mass is 10.1. The highest BCUT2D eigenvalue weighted by Crippen LogP contribution is 2.26. The molecule has 0 unspecified atom stereocenters. The van der Waals surface area contributed by atoms with E-state index in [1.807, 2.05) is 12.3 Å². The van der Waals surface area contributed by atoms with Crippen LogP contribution in [0.2, 0.25) is 0 Å². The van der Waals surface area contributed by atoms with Gasteiger partial charge in [0.25, 0.3) is 0 Å². The molecule has 0 saturated carbocycles. The van der Waals surface area contributed by atoms with E-state index in [4.69, 9.17) is 14.4 Å². The third-order valence-corrected chi connectivity index (χ3v) is 3.38. The van der Waals surface area contributed by atoms with E-state index < -0.39 is 5.63 Å². The van der Waals surface area contributed by atoms with Crippen LogP contribution in [0, 0.1) is 11.3 Å². The Hall–Kier alpha value is -2.19. The molecule has 0 atom stereocenters. The highest BCUT2D eigenvalue weighted by molar-refractivity contribution is 7.98. The van der Waals surface area contributed by atoms with Crippen LogP contribution < -0.4 is 10.4 Å². The van der Waals surface area contributed by atoms with Crippen LogP contribution in [0.1, 0.15) is 5.56 Å². The smallest absolute Gasteiger partial charge is 0.355 e. The fraction of sp³-hybridized carbons (Fsp3) is 0.143. The summed E-state index contributed by atoms with van der Waals surface area (Å²) in [6, 6.07) is 10.7. The lowest BCUT2D eigenvalue weighted by Crippen LogP contribution is -2.06. The van der Waals surface area contributed by atoms with Crippen molar-refractivity contribution in [3.05, 3.63) is 46.3 Å². The van der Waals surface area contributed by atoms with Crippen molar-refractivity contribution in [2.75, 3.05) is 13.4 Å². The number of hydrogen-bond acceptors (Lipinski definition) is 5. The number of nitriles is 1. The van der Waals surface area contributed by atoms with Crippen molar-refractivity contribution in [1.29, 1.82) is 5.26 Å². The van der Waals surface area contributed by atoms with Crippen LogP contribution in [0.25, 0.3) is 11.3 Å². The van der Waals surface area contributed by atoms with Crippen molar-refractivity contribution in [3.8, 4) is 23.1 Å². The zero-order chi connectivity index (χ0) is 13.8. The number of methoxy groups -OCH3 is 1. The molecule has 96 valence electrons. The molecule has 0 saturated heterocycles. The maximum atomic E-state index is 11.7. The molecule has 0 fully saturated rings. The quantitative estimate of drug-likeness (QED) is 0.804. The molecule has 0 aliphatic heterocycles. The molecule has 0 bridgehead atoms. The molecule has 5 heteroatoms. The van der Waals surface area contributed by atoms with E-state index >= 15 is 0 Å². The van der Waals surface area contributed by atoms with Crippen LogP contribution in [-0.2, 0) is 0 Å². The molecule has 0 amide bonds. The average molecular weight is 273 g/mol. The van der Waals surface area contributed by atoms with Crippen LogP contribution in [0.5, 0.6) is 5.75 Å². The predicted molar refractivity (Wildman–Crippen MR) is 73.5 cm³/mol. The maximum Gasteiger partial charge on any atom is 0.355 e. The van der Waals surface area contributed by atoms with Gasteiger partial charge in [-0.1, -0.05) is 0 Å². The van der Waals surface area contributed by atoms with Crippen molar-refractivity contribution in [2.24, 2.45) is 0 Å². The molecule has 0 spiro atoms. The zero-order valence-corrected chi connectivity index (χ0v) is 11.3. The SMILES string of the molecule is COc1ccc(-c2cc(SC)c(C#N)c(=O)o2)cc1. The topological polar surface area (TPSA) is 63.2 Å². The fourth-order valence-electron chi connectivity index (χ4n) is 1.63. The Labute approximate surface area is 114 Å². The Kier molecular flexibility index (Phi) is 3.93. The molecule has 2 rings (SSSR count). The Balaban J connectivity index is 2.54. The molecule has 0 aliphatic carbocycles. The fourth-order valence-corrected chi connectivity index (χ4v) is 2.19. The second-order valence-electron chi connectivity index (χ2n) is 3.68. The van der Waals surface area contributed by atoms with E-state index in [0.717, 1.165) is 11.3 Å². The van der Waals surface area contributed by atoms with Crippen LogP contribution in [-0.4, -0.2) is 13.4 Å². The van der Waals surface area contributed by atoms with Crippen molar-refractivity contribution < 1.29 is 9.15 Å². The minimum atomic E-state index is -0.611. The van der Waals surface area contributed by atoms with E-state index in [-0.39, 0.29) is 5.56 Å². The highest BCUT2D eigenvalue weighted by atomic mass is 32.2. The van der Waals surface area contributed by atoms with Gasteiger partial charge in [0, 0.05) is 10.5 Å². The number of hydrogen-bond donors (Lipinski definition) is 0. The van der Waals surface area contributed by atoms with Gasteiger partial charge in [0.15, 0.2) is 5.56 Å². The van der Waals surface area contributed by atoms with Gasteiger partial charge in [-0.05, 0) is 36.6 Å². The molecule has 1 aromatic carbocycles. The number of ether oxygens (including phenoxy) is 1. The van der Waals surface area contributed by atoms with E-state index in [2.05, 4.69) is 0 Å². The first-order valence-corrected chi connectivity index (χ1v) is 6.68. The molecule has 1 heterocycles. The second kappa shape index (κ2) is 5.63. The van der Waals surface area contributed by atoms with Gasteiger partial charge in [-0.25, -0.2) is 4.79 Å². The zero-order valence-electron chi connectivity index (χ0n) is 10.5. The van der Waals surface area contributed by atoms with Crippen molar-refractivity contribution in [2.45, 2.75) is 4.90 Å². The van der Waals surface area contributed by atoms with E-state index in [9.17, 15) is 4.79 Å². The Bertz CT molecular complexity index is 683. The number of thioether (sulfide) groups is 1. The molecule has 19 heavy (non-hydrogen) atoms. The van der Waals surface area contributed by atoms with Gasteiger partial charge >= 0.3 is 5.63 Å². The van der Waals surface area contributed by atoms with Crippen molar-refractivity contribution in [1.82, 2.24) is 0 Å². The maximum absolute atomic E-state index is 11.7. The number of benzene rings is 1. The van der Waals surface area contributed by atoms with E-state index in [0.29, 0.717) is 10.7 Å². The average Bonchev–Trinajstić information content (AvgIpc) is 2.46. The summed E-state index contributed by atoms with van der Waals surface area (Å²) in [5, 5.41) is 8.92. The molecule has 4 nitrogen and oxygen atoms in total. The van der Waals surface area contributed by atoms with Gasteiger partial charge in [-0.3, -0.25) is 0 Å². The van der Waals surface area contributed by atoms with E-state index in [1.54, 1.807) is 37.4 Å². The lowest BCUT2D eigenvalue weighted by molar-refractivity contribution is 0.415. The van der Waals surface area contributed by atoms with Crippen molar-refractivity contribution in [3.63, 3.8) is 0 Å². The monoisotopic (exact) mass is 273 g/mol. The Morgan fingerprint density at radius 3 is 2.53 bits per heavy atom. The molecule has 1 aromatic heterocycles. The van der Waals surface area contributed by atoms with Crippen LogP contribution in [0.15, 0.2) is 44.4 Å². The van der Waals surface area contributed by atoms with Gasteiger partial charge < -0.3 is 9.15 Å². The van der Waals surface area contributed by atoms with Gasteiger partial charge in [0.1, 0.15) is 17.6 Å². The summed E-state index contributed by atoms with van der Waals surface area (Å²) in [4.78, 5) is 12.3. The minimum Gasteiger partial charge on any atom is -0.497 e. The van der Waals surface area contributed by atoms with Gasteiger partial charge in [-0.15, -0.1) is 11.8 Å². The van der Waals surface area contributed by atoms with Gasteiger partial charge in [0.05, 0.1) is 7.11 Å². The summed E-state index contributed by atoms with van der Waals surface area (Å²) in [5.41, 5.74) is 0.197. The number of rotatable bonds is 3. The lowest BCUT2D eigenvalue weighted by Gasteiger charge is -2.05. The van der Waals surface area contributed by atoms with Gasteiger partial charge in [-0.2, -0.15) is 5.26 Å². The summed E-state index contributed by atoms with van der Waals surface area (Å²) in [5.74, 6) is 1.17. The second-order valence-corrected chi connectivity index (χ2v) is 4.53. The van der Waals surface area contributed by atoms with Gasteiger partial charge in [0.2, 0.25) is 0 Å². The third kappa shape index (κ3) is 2.64. The standard InChI is InChI=1S/C14H11NO3S/c1-17-10-5-3-9(4-6-10)12-7-13(19-2)11(8-15)14(16)18-12/h3-7H,1-2H3. The van der Waals surface area contributed by atoms with Crippen LogP contribution >= 0.6 is 11.8 Å². The summed E-state index contributed by atoms with van der Waals surface area (Å²) >= 11 is 1.34. The molecule has 0 N–H and O–H groups in total. The first-order valence-electron chi connectivity index (χ1n) is 5.46. The first-order chi connectivity index (χ1) is 9.19. The normalized spacial score (nSPS) is 9.95. The third-order valence-electron chi connectivity index (χ3n) is 2.62. The first kappa shape index (κ1) is 13.2. The molecule has 0 radical (unpaired) electrons. The molecular weight excluding hydrogens is 262 g/mol. The summed E-state index contributed by atoms with van der Waals surface area (Å²) < 4.78 is 10.2. The minimum absolute atomic E-state index is 0.0461. The molecule has 2 aromatic rings. The van der Waals surface area contributed by atoms with Crippen LogP contribution in [0.3, 0.4) is 0 Å². The highest BCUT2D eigenvalue weighted by Gasteiger charge is 2.12. The summed E-state index contributed by atoms with van der Waals surface area (Å²) in [6.45, 7) is 0. The van der Waals surface area contributed by atoms with Crippen molar-refractivity contribution >= 4 is 11.8 Å². The number of nitrogens with zero attached hydrogens (tertiary/aromatic N) is 1. The molecular formula is C14H11NO3S. The summed E-state index contributed by atoms with van der Waals surface area (Å²) in [6.07, 6.45) is 1.81. The van der Waals surface area contributed by atoms with E-state index in [1.165, 1.54) is 11.8 Å². The Morgan fingerprint density at radius 1 is 1.32 bits per heavy atom. The predicted octanol–water partition coefficient (Wildman–Crippen LogP) is 2.91. The Morgan fingerprint density at radius 2 is 2.00 bits per heavy atom. The summed E-state index contributed by atoms with van der Waals surface area (Å²) in [7, 11) is 1.59.